The molecule has 0 aliphatic rings. The molecule has 5 heteroatoms. The summed E-state index contributed by atoms with van der Waals surface area (Å²) in [6.45, 7) is 3.47. The fraction of sp³-hybridized carbons (Fsp3) is 0.833. The lowest BCUT2D eigenvalue weighted by molar-refractivity contribution is -0.134. The van der Waals surface area contributed by atoms with E-state index in [1.807, 2.05) is 0 Å². The summed E-state index contributed by atoms with van der Waals surface area (Å²) in [7, 11) is -3.38. The second-order valence-corrected chi connectivity index (χ2v) is 4.95. The first-order chi connectivity index (χ1) is 4.83. The minimum atomic E-state index is -3.38. The van der Waals surface area contributed by atoms with Gasteiger partial charge in [0, 0.05) is 0 Å². The summed E-state index contributed by atoms with van der Waals surface area (Å²) >= 11 is 0. The van der Waals surface area contributed by atoms with Gasteiger partial charge in [0.15, 0.2) is 9.84 Å². The van der Waals surface area contributed by atoms with Crippen LogP contribution < -0.4 is 0 Å². The quantitative estimate of drug-likeness (QED) is 0.668. The molecule has 0 amide bonds. The standard InChI is InChI=1S/C6H12O4S/c1-5(2)3-11(9,10)4-6(7)8/h5H,3-4H2,1-2H3,(H,7,8). The van der Waals surface area contributed by atoms with Crippen molar-refractivity contribution < 1.29 is 18.3 Å². The monoisotopic (exact) mass is 180 g/mol. The fourth-order valence-corrected chi connectivity index (χ4v) is 2.26. The van der Waals surface area contributed by atoms with Gasteiger partial charge < -0.3 is 5.11 Å². The molecule has 4 nitrogen and oxygen atoms in total. The van der Waals surface area contributed by atoms with Crippen molar-refractivity contribution in [1.29, 1.82) is 0 Å². The number of aliphatic carboxylic acids is 1. The number of carboxylic acids is 1. The van der Waals surface area contributed by atoms with Crippen molar-refractivity contribution in [2.75, 3.05) is 11.5 Å². The molecule has 0 unspecified atom stereocenters. The van der Waals surface area contributed by atoms with Crippen LogP contribution in [0.15, 0.2) is 0 Å². The average Bonchev–Trinajstić information content (AvgIpc) is 1.53. The van der Waals surface area contributed by atoms with Crippen LogP contribution in [0, 0.1) is 5.92 Å². The highest BCUT2D eigenvalue weighted by molar-refractivity contribution is 7.92. The Morgan fingerprint density at radius 3 is 2.18 bits per heavy atom. The van der Waals surface area contributed by atoms with Crippen LogP contribution in [0.3, 0.4) is 0 Å². The third-order valence-electron chi connectivity index (χ3n) is 0.931. The van der Waals surface area contributed by atoms with E-state index in [9.17, 15) is 13.2 Å². The highest BCUT2D eigenvalue weighted by Gasteiger charge is 2.16. The van der Waals surface area contributed by atoms with E-state index >= 15 is 0 Å². The van der Waals surface area contributed by atoms with Gasteiger partial charge in [-0.25, -0.2) is 8.42 Å². The van der Waals surface area contributed by atoms with Gasteiger partial charge in [0.2, 0.25) is 0 Å². The van der Waals surface area contributed by atoms with Crippen molar-refractivity contribution in [2.24, 2.45) is 5.92 Å². The molecule has 1 N–H and O–H groups in total. The van der Waals surface area contributed by atoms with Crippen LogP contribution in [0.5, 0.6) is 0 Å². The van der Waals surface area contributed by atoms with Crippen molar-refractivity contribution in [1.82, 2.24) is 0 Å². The normalized spacial score (nSPS) is 11.9. The van der Waals surface area contributed by atoms with Crippen molar-refractivity contribution in [2.45, 2.75) is 13.8 Å². The SMILES string of the molecule is CC(C)CS(=O)(=O)CC(=O)O. The average molecular weight is 180 g/mol. The third kappa shape index (κ3) is 5.84. The zero-order chi connectivity index (χ0) is 9.07. The van der Waals surface area contributed by atoms with Crippen molar-refractivity contribution in [3.05, 3.63) is 0 Å². The molecule has 0 aromatic rings. The first kappa shape index (κ1) is 10.4. The molecule has 0 rings (SSSR count). The minimum absolute atomic E-state index is 0.0145. The maximum Gasteiger partial charge on any atom is 0.318 e. The van der Waals surface area contributed by atoms with E-state index < -0.39 is 21.6 Å². The molecule has 0 fully saturated rings. The topological polar surface area (TPSA) is 71.4 Å². The Bertz CT molecular complexity index is 227. The van der Waals surface area contributed by atoms with Gasteiger partial charge in [-0.1, -0.05) is 13.8 Å². The third-order valence-corrected chi connectivity index (χ3v) is 2.79. The summed E-state index contributed by atoms with van der Waals surface area (Å²) in [6, 6.07) is 0. The van der Waals surface area contributed by atoms with E-state index in [2.05, 4.69) is 0 Å². The predicted molar refractivity (Wildman–Crippen MR) is 41.1 cm³/mol. The van der Waals surface area contributed by atoms with Gasteiger partial charge in [-0.2, -0.15) is 0 Å². The van der Waals surface area contributed by atoms with Crippen LogP contribution in [0.1, 0.15) is 13.8 Å². The van der Waals surface area contributed by atoms with Crippen LogP contribution in [-0.2, 0) is 14.6 Å². The molecule has 0 bridgehead atoms. The maximum absolute atomic E-state index is 10.9. The van der Waals surface area contributed by atoms with Crippen LogP contribution in [0.4, 0.5) is 0 Å². The van der Waals surface area contributed by atoms with Crippen molar-refractivity contribution in [3.63, 3.8) is 0 Å². The van der Waals surface area contributed by atoms with Crippen molar-refractivity contribution in [3.8, 4) is 0 Å². The Hall–Kier alpha value is -0.580. The Morgan fingerprint density at radius 1 is 1.45 bits per heavy atom. The summed E-state index contributed by atoms with van der Waals surface area (Å²) in [5, 5.41) is 8.18. The Morgan fingerprint density at radius 2 is 1.91 bits per heavy atom. The van der Waals surface area contributed by atoms with Gasteiger partial charge in [-0.05, 0) is 5.92 Å². The Labute approximate surface area is 66.1 Å². The Balaban J connectivity index is 4.14. The van der Waals surface area contributed by atoms with Gasteiger partial charge in [0.05, 0.1) is 5.75 Å². The summed E-state index contributed by atoms with van der Waals surface area (Å²) in [5.74, 6) is -2.12. The smallest absolute Gasteiger partial charge is 0.318 e. The number of hydrogen-bond acceptors (Lipinski definition) is 3. The molecule has 11 heavy (non-hydrogen) atoms. The number of hydrogen-bond donors (Lipinski definition) is 1. The second kappa shape index (κ2) is 3.71. The molecule has 0 aliphatic carbocycles. The summed E-state index contributed by atoms with van der Waals surface area (Å²) in [4.78, 5) is 10.0. The summed E-state index contributed by atoms with van der Waals surface area (Å²) in [6.07, 6.45) is 0. The molecule has 0 atom stereocenters. The maximum atomic E-state index is 10.9. The summed E-state index contributed by atoms with van der Waals surface area (Å²) < 4.78 is 21.7. The second-order valence-electron chi connectivity index (χ2n) is 2.84. The lowest BCUT2D eigenvalue weighted by atomic mass is 10.3. The largest absolute Gasteiger partial charge is 0.480 e. The molecule has 0 saturated carbocycles. The van der Waals surface area contributed by atoms with Gasteiger partial charge in [-0.15, -0.1) is 0 Å². The van der Waals surface area contributed by atoms with Gasteiger partial charge in [-0.3, -0.25) is 4.79 Å². The molecule has 0 spiro atoms. The van der Waals surface area contributed by atoms with Crippen LogP contribution in [0.2, 0.25) is 0 Å². The summed E-state index contributed by atoms with van der Waals surface area (Å²) in [5.41, 5.74) is 0. The first-order valence-corrected chi connectivity index (χ1v) is 5.08. The molecule has 0 heterocycles. The molecule has 0 aromatic heterocycles. The molecule has 0 radical (unpaired) electrons. The van der Waals surface area contributed by atoms with E-state index in [1.165, 1.54) is 0 Å². The van der Waals surface area contributed by atoms with Gasteiger partial charge in [0.1, 0.15) is 5.75 Å². The molecule has 0 aromatic carbocycles. The zero-order valence-corrected chi connectivity index (χ0v) is 7.39. The van der Waals surface area contributed by atoms with Gasteiger partial charge >= 0.3 is 5.97 Å². The molecular formula is C6H12O4S. The predicted octanol–water partition coefficient (Wildman–Crippen LogP) is 0.142. The van der Waals surface area contributed by atoms with Crippen LogP contribution in [0.25, 0.3) is 0 Å². The van der Waals surface area contributed by atoms with E-state index in [-0.39, 0.29) is 11.7 Å². The Kier molecular flexibility index (Phi) is 3.51. The highest BCUT2D eigenvalue weighted by atomic mass is 32.2. The lowest BCUT2D eigenvalue weighted by Crippen LogP contribution is -2.20. The lowest BCUT2D eigenvalue weighted by Gasteiger charge is -2.02. The first-order valence-electron chi connectivity index (χ1n) is 3.25. The van der Waals surface area contributed by atoms with Crippen molar-refractivity contribution >= 4 is 15.8 Å². The van der Waals surface area contributed by atoms with E-state index in [0.29, 0.717) is 0 Å². The van der Waals surface area contributed by atoms with E-state index in [4.69, 9.17) is 5.11 Å². The van der Waals surface area contributed by atoms with Gasteiger partial charge in [0.25, 0.3) is 0 Å². The molecular weight excluding hydrogens is 168 g/mol. The number of sulfone groups is 1. The number of carboxylic acid groups (broad SMARTS) is 1. The highest BCUT2D eigenvalue weighted by Crippen LogP contribution is 1.99. The fourth-order valence-electron chi connectivity index (χ4n) is 0.755. The molecule has 0 aliphatic heterocycles. The van der Waals surface area contributed by atoms with Crippen LogP contribution in [-0.4, -0.2) is 31.0 Å². The van der Waals surface area contributed by atoms with Crippen LogP contribution >= 0.6 is 0 Å². The molecule has 66 valence electrons. The zero-order valence-electron chi connectivity index (χ0n) is 6.57. The van der Waals surface area contributed by atoms with E-state index in [1.54, 1.807) is 13.8 Å². The molecule has 0 saturated heterocycles. The number of carbonyl (C=O) groups is 1. The minimum Gasteiger partial charge on any atom is -0.480 e. The number of rotatable bonds is 4. The van der Waals surface area contributed by atoms with E-state index in [0.717, 1.165) is 0 Å².